The molecule has 0 aromatic rings. The van der Waals surface area contributed by atoms with E-state index in [9.17, 15) is 19.2 Å². The molecule has 0 spiro atoms. The Morgan fingerprint density at radius 3 is 2.05 bits per heavy atom. The molecule has 226 valence electrons. The number of unbranched alkanes of at least 4 members (excludes halogenated alkanes) is 12. The van der Waals surface area contributed by atoms with Gasteiger partial charge in [0.05, 0.1) is 5.92 Å². The molecular formula is C31H56N2O6. The molecule has 2 amide bonds. The summed E-state index contributed by atoms with van der Waals surface area (Å²) in [6, 6.07) is -0.723. The van der Waals surface area contributed by atoms with Gasteiger partial charge in [0.1, 0.15) is 18.2 Å². The Morgan fingerprint density at radius 2 is 1.46 bits per heavy atom. The molecular weight excluding hydrogens is 496 g/mol. The van der Waals surface area contributed by atoms with E-state index in [1.165, 1.54) is 58.3 Å². The van der Waals surface area contributed by atoms with Gasteiger partial charge < -0.3 is 20.1 Å². The molecule has 1 heterocycles. The molecule has 1 saturated heterocycles. The summed E-state index contributed by atoms with van der Waals surface area (Å²) >= 11 is 0. The number of nitrogens with one attached hydrogen (secondary N) is 2. The van der Waals surface area contributed by atoms with Crippen molar-refractivity contribution in [2.24, 2.45) is 5.92 Å². The highest BCUT2D eigenvalue weighted by Gasteiger charge is 2.43. The van der Waals surface area contributed by atoms with Gasteiger partial charge in [0.25, 0.3) is 0 Å². The van der Waals surface area contributed by atoms with Crippen LogP contribution in [0.15, 0.2) is 0 Å². The van der Waals surface area contributed by atoms with Crippen LogP contribution in [0.2, 0.25) is 0 Å². The third-order valence-corrected chi connectivity index (χ3v) is 7.64. The molecule has 0 unspecified atom stereocenters. The molecule has 0 aromatic heterocycles. The van der Waals surface area contributed by atoms with Gasteiger partial charge in [-0.2, -0.15) is 0 Å². The van der Waals surface area contributed by atoms with Crippen molar-refractivity contribution in [1.82, 2.24) is 10.6 Å². The Labute approximate surface area is 237 Å². The molecule has 8 heteroatoms. The van der Waals surface area contributed by atoms with E-state index < -0.39 is 12.0 Å². The molecule has 39 heavy (non-hydrogen) atoms. The second kappa shape index (κ2) is 22.7. The van der Waals surface area contributed by atoms with Gasteiger partial charge in [-0.15, -0.1) is 0 Å². The number of hydrogen-bond acceptors (Lipinski definition) is 6. The van der Waals surface area contributed by atoms with Gasteiger partial charge in [-0.3, -0.25) is 14.4 Å². The van der Waals surface area contributed by atoms with E-state index in [0.717, 1.165) is 44.9 Å². The first-order valence-corrected chi connectivity index (χ1v) is 15.8. The highest BCUT2D eigenvalue weighted by atomic mass is 16.6. The lowest BCUT2D eigenvalue weighted by molar-refractivity contribution is -0.190. The summed E-state index contributed by atoms with van der Waals surface area (Å²) in [5.41, 5.74) is 0. The van der Waals surface area contributed by atoms with Crippen LogP contribution in [0.25, 0.3) is 0 Å². The van der Waals surface area contributed by atoms with Crippen molar-refractivity contribution in [3.63, 3.8) is 0 Å². The molecule has 4 atom stereocenters. The SMILES string of the molecule is CCCCCCCCCCC[C@@H](C[C@@H]1OC(=O)[C@H]1CCCCCC)OC(=O)[C@H](CCCCNC(C)=O)NC=O. The predicted octanol–water partition coefficient (Wildman–Crippen LogP) is 6.14. The number of carbonyl (C=O) groups excluding carboxylic acids is 4. The summed E-state index contributed by atoms with van der Waals surface area (Å²) in [6.07, 6.45) is 19.3. The van der Waals surface area contributed by atoms with Gasteiger partial charge in [0.15, 0.2) is 0 Å². The number of carbonyl (C=O) groups is 4. The van der Waals surface area contributed by atoms with Crippen molar-refractivity contribution < 1.29 is 28.7 Å². The van der Waals surface area contributed by atoms with E-state index >= 15 is 0 Å². The average molecular weight is 553 g/mol. The third kappa shape index (κ3) is 16.6. The molecule has 0 saturated carbocycles. The van der Waals surface area contributed by atoms with Crippen LogP contribution in [-0.2, 0) is 28.7 Å². The molecule has 0 aliphatic carbocycles. The molecule has 8 nitrogen and oxygen atoms in total. The van der Waals surface area contributed by atoms with Gasteiger partial charge in [-0.05, 0) is 38.5 Å². The fourth-order valence-electron chi connectivity index (χ4n) is 5.21. The molecule has 0 radical (unpaired) electrons. The first kappa shape index (κ1) is 34.9. The van der Waals surface area contributed by atoms with Crippen LogP contribution in [0.4, 0.5) is 0 Å². The number of esters is 2. The van der Waals surface area contributed by atoms with Gasteiger partial charge in [0.2, 0.25) is 12.3 Å². The normalized spacial score (nSPS) is 18.0. The zero-order valence-corrected chi connectivity index (χ0v) is 25.0. The Bertz CT molecular complexity index is 686. The van der Waals surface area contributed by atoms with Crippen LogP contribution in [-0.4, -0.2) is 49.1 Å². The Morgan fingerprint density at radius 1 is 0.872 bits per heavy atom. The van der Waals surface area contributed by atoms with E-state index in [-0.39, 0.29) is 30.0 Å². The highest BCUT2D eigenvalue weighted by Crippen LogP contribution is 2.32. The molecule has 2 N–H and O–H groups in total. The van der Waals surface area contributed by atoms with E-state index in [1.54, 1.807) is 0 Å². The second-order valence-corrected chi connectivity index (χ2v) is 11.2. The lowest BCUT2D eigenvalue weighted by Gasteiger charge is -2.37. The Hall–Kier alpha value is -2.12. The summed E-state index contributed by atoms with van der Waals surface area (Å²) in [6.45, 7) is 6.40. The second-order valence-electron chi connectivity index (χ2n) is 11.2. The molecule has 1 rings (SSSR count). The first-order valence-electron chi connectivity index (χ1n) is 15.8. The topological polar surface area (TPSA) is 111 Å². The zero-order chi connectivity index (χ0) is 28.7. The molecule has 0 aromatic carbocycles. The standard InChI is InChI=1S/C31H56N2O6/c1-4-6-8-10-11-12-13-14-15-19-26(23-29-27(30(36)39-29)20-16-9-7-5-2)38-31(37)28(33-24-34)21-17-18-22-32-25(3)35/h24,26-29H,4-23H2,1-3H3,(H,32,35)(H,33,34)/t26-,27-,28-,29-/m0/s1. The highest BCUT2D eigenvalue weighted by molar-refractivity contribution is 5.79. The molecule has 0 bridgehead atoms. The van der Waals surface area contributed by atoms with Crippen LogP contribution < -0.4 is 10.6 Å². The van der Waals surface area contributed by atoms with Gasteiger partial charge in [0, 0.05) is 19.9 Å². The minimum absolute atomic E-state index is 0.0864. The summed E-state index contributed by atoms with van der Waals surface area (Å²) in [5, 5.41) is 5.34. The van der Waals surface area contributed by atoms with Crippen LogP contribution >= 0.6 is 0 Å². The smallest absolute Gasteiger partial charge is 0.328 e. The van der Waals surface area contributed by atoms with Crippen LogP contribution in [0.1, 0.15) is 143 Å². The largest absolute Gasteiger partial charge is 0.461 e. The lowest BCUT2D eigenvalue weighted by Crippen LogP contribution is -2.48. The maximum Gasteiger partial charge on any atom is 0.328 e. The fraction of sp³-hybridized carbons (Fsp3) is 0.871. The van der Waals surface area contributed by atoms with Crippen molar-refractivity contribution in [2.45, 2.75) is 161 Å². The van der Waals surface area contributed by atoms with Gasteiger partial charge in [-0.1, -0.05) is 90.9 Å². The van der Waals surface area contributed by atoms with E-state index in [4.69, 9.17) is 9.47 Å². The summed E-state index contributed by atoms with van der Waals surface area (Å²) in [4.78, 5) is 47.4. The van der Waals surface area contributed by atoms with Crippen LogP contribution in [0, 0.1) is 5.92 Å². The maximum absolute atomic E-state index is 13.0. The minimum Gasteiger partial charge on any atom is -0.461 e. The fourth-order valence-corrected chi connectivity index (χ4v) is 5.21. The monoisotopic (exact) mass is 552 g/mol. The van der Waals surface area contributed by atoms with Crippen LogP contribution in [0.3, 0.4) is 0 Å². The lowest BCUT2D eigenvalue weighted by atomic mass is 9.86. The molecule has 1 aliphatic rings. The van der Waals surface area contributed by atoms with Crippen molar-refractivity contribution in [3.05, 3.63) is 0 Å². The van der Waals surface area contributed by atoms with Crippen molar-refractivity contribution in [1.29, 1.82) is 0 Å². The number of ether oxygens (including phenoxy) is 2. The summed E-state index contributed by atoms with van der Waals surface area (Å²) in [5.74, 6) is -0.766. The third-order valence-electron chi connectivity index (χ3n) is 7.64. The number of hydrogen-bond donors (Lipinski definition) is 2. The molecule has 1 aliphatic heterocycles. The zero-order valence-electron chi connectivity index (χ0n) is 25.0. The summed E-state index contributed by atoms with van der Waals surface area (Å²) < 4.78 is 11.4. The average Bonchev–Trinajstić information content (AvgIpc) is 2.90. The van der Waals surface area contributed by atoms with E-state index in [2.05, 4.69) is 24.5 Å². The minimum atomic E-state index is -0.723. The van der Waals surface area contributed by atoms with Gasteiger partial charge in [-0.25, -0.2) is 4.79 Å². The Balaban J connectivity index is 2.60. The van der Waals surface area contributed by atoms with Crippen molar-refractivity contribution in [3.8, 4) is 0 Å². The van der Waals surface area contributed by atoms with Crippen LogP contribution in [0.5, 0.6) is 0 Å². The van der Waals surface area contributed by atoms with Gasteiger partial charge >= 0.3 is 11.9 Å². The number of amides is 2. The van der Waals surface area contributed by atoms with Crippen molar-refractivity contribution in [2.75, 3.05) is 6.54 Å². The quantitative estimate of drug-likeness (QED) is 0.0757. The number of rotatable bonds is 26. The maximum atomic E-state index is 13.0. The van der Waals surface area contributed by atoms with E-state index in [0.29, 0.717) is 38.6 Å². The van der Waals surface area contributed by atoms with Crippen molar-refractivity contribution >= 4 is 24.3 Å². The molecule has 1 fully saturated rings. The number of cyclic esters (lactones) is 1. The first-order chi connectivity index (χ1) is 18.9. The Kier molecular flexibility index (Phi) is 20.3. The summed E-state index contributed by atoms with van der Waals surface area (Å²) in [7, 11) is 0. The van der Waals surface area contributed by atoms with E-state index in [1.807, 2.05) is 0 Å². The predicted molar refractivity (Wildman–Crippen MR) is 154 cm³/mol.